The van der Waals surface area contributed by atoms with Crippen LogP contribution in [0.4, 0.5) is 0 Å². The van der Waals surface area contributed by atoms with Gasteiger partial charge >= 0.3 is 0 Å². The first kappa shape index (κ1) is 19.3. The van der Waals surface area contributed by atoms with E-state index in [1.165, 1.54) is 42.0 Å². The van der Waals surface area contributed by atoms with E-state index in [1.54, 1.807) is 19.1 Å². The van der Waals surface area contributed by atoms with Crippen molar-refractivity contribution in [1.29, 1.82) is 0 Å². The molecule has 0 bridgehead atoms. The highest BCUT2D eigenvalue weighted by Gasteiger charge is 2.31. The highest BCUT2D eigenvalue weighted by Crippen LogP contribution is 2.33. The van der Waals surface area contributed by atoms with Gasteiger partial charge in [-0.2, -0.15) is 4.31 Å². The first-order chi connectivity index (χ1) is 12.4. The van der Waals surface area contributed by atoms with E-state index in [0.29, 0.717) is 37.0 Å². The van der Waals surface area contributed by atoms with Crippen LogP contribution in [-0.4, -0.2) is 55.8 Å². The van der Waals surface area contributed by atoms with Gasteiger partial charge in [-0.1, -0.05) is 31.4 Å². The van der Waals surface area contributed by atoms with E-state index in [-0.39, 0.29) is 11.9 Å². The van der Waals surface area contributed by atoms with Gasteiger partial charge in [0.25, 0.3) is 0 Å². The summed E-state index contributed by atoms with van der Waals surface area (Å²) < 4.78 is 27.3. The van der Waals surface area contributed by atoms with Crippen LogP contribution >= 0.6 is 0 Å². The monoisotopic (exact) mass is 379 g/mol. The smallest absolute Gasteiger partial charge is 0.243 e. The Labute approximate surface area is 156 Å². The van der Waals surface area contributed by atoms with E-state index >= 15 is 0 Å². The zero-order chi connectivity index (χ0) is 18.7. The third-order valence-corrected chi connectivity index (χ3v) is 7.74. The molecule has 2 fully saturated rings. The maximum atomic E-state index is 12.9. The van der Waals surface area contributed by atoms with Gasteiger partial charge in [0.15, 0.2) is 0 Å². The number of hydrogen-bond acceptors (Lipinski definition) is 4. The maximum Gasteiger partial charge on any atom is 0.243 e. The Balaban J connectivity index is 1.66. The van der Waals surface area contributed by atoms with Crippen molar-refractivity contribution in [2.75, 3.05) is 26.2 Å². The zero-order valence-corrected chi connectivity index (χ0v) is 16.2. The molecular weight excluding hydrogens is 350 g/mol. The zero-order valence-electron chi connectivity index (χ0n) is 15.4. The van der Waals surface area contributed by atoms with Gasteiger partial charge in [-0.25, -0.2) is 8.42 Å². The van der Waals surface area contributed by atoms with Crippen molar-refractivity contribution in [2.24, 2.45) is 5.73 Å². The van der Waals surface area contributed by atoms with Crippen LogP contribution in [0.5, 0.6) is 0 Å². The topological polar surface area (TPSA) is 83.7 Å². The first-order valence-electron chi connectivity index (χ1n) is 9.53. The number of carbonyl (C=O) groups excluding carboxylic acids is 1. The second-order valence-corrected chi connectivity index (χ2v) is 9.36. The largest absolute Gasteiger partial charge is 0.368 e. The normalized spacial score (nSPS) is 22.2. The lowest BCUT2D eigenvalue weighted by Crippen LogP contribution is -2.54. The third-order valence-electron chi connectivity index (χ3n) is 5.83. The molecule has 1 amide bonds. The minimum atomic E-state index is -3.49. The van der Waals surface area contributed by atoms with Crippen LogP contribution in [0.2, 0.25) is 0 Å². The number of sulfonamides is 1. The number of amides is 1. The van der Waals surface area contributed by atoms with Crippen molar-refractivity contribution in [1.82, 2.24) is 9.21 Å². The van der Waals surface area contributed by atoms with E-state index in [4.69, 9.17) is 5.73 Å². The molecule has 0 radical (unpaired) electrons. The summed E-state index contributed by atoms with van der Waals surface area (Å²) in [5, 5.41) is 0. The maximum absolute atomic E-state index is 12.9. The van der Waals surface area contributed by atoms with Crippen LogP contribution < -0.4 is 5.73 Å². The fourth-order valence-corrected chi connectivity index (χ4v) is 5.43. The van der Waals surface area contributed by atoms with Gasteiger partial charge < -0.3 is 5.73 Å². The lowest BCUT2D eigenvalue weighted by Gasteiger charge is -2.36. The summed E-state index contributed by atoms with van der Waals surface area (Å²) in [6.07, 6.45) is 6.24. The number of hydrogen-bond donors (Lipinski definition) is 1. The molecule has 144 valence electrons. The number of primary amides is 1. The Morgan fingerprint density at radius 1 is 1.04 bits per heavy atom. The van der Waals surface area contributed by atoms with Crippen LogP contribution in [0, 0.1) is 0 Å². The van der Waals surface area contributed by atoms with Crippen molar-refractivity contribution < 1.29 is 13.2 Å². The van der Waals surface area contributed by atoms with Crippen molar-refractivity contribution in [3.63, 3.8) is 0 Å². The second-order valence-electron chi connectivity index (χ2n) is 7.42. The molecule has 1 aromatic rings. The van der Waals surface area contributed by atoms with Crippen molar-refractivity contribution in [2.45, 2.75) is 55.9 Å². The molecule has 6 nitrogen and oxygen atoms in total. The Morgan fingerprint density at radius 3 is 2.15 bits per heavy atom. The predicted molar refractivity (Wildman–Crippen MR) is 101 cm³/mol. The van der Waals surface area contributed by atoms with Gasteiger partial charge in [0.2, 0.25) is 15.9 Å². The molecule has 2 N–H and O–H groups in total. The highest BCUT2D eigenvalue weighted by atomic mass is 32.2. The third kappa shape index (κ3) is 4.10. The minimum absolute atomic E-state index is 0.355. The Morgan fingerprint density at radius 2 is 1.62 bits per heavy atom. The summed E-state index contributed by atoms with van der Waals surface area (Å²) in [7, 11) is -3.49. The number of carbonyl (C=O) groups is 1. The van der Waals surface area contributed by atoms with Crippen LogP contribution in [0.15, 0.2) is 29.2 Å². The van der Waals surface area contributed by atoms with E-state index in [0.717, 1.165) is 0 Å². The summed E-state index contributed by atoms with van der Waals surface area (Å²) in [4.78, 5) is 13.6. The molecule has 1 saturated heterocycles. The Kier molecular flexibility index (Phi) is 5.99. The molecule has 1 atom stereocenters. The summed E-state index contributed by atoms with van der Waals surface area (Å²) in [6.45, 7) is 3.55. The summed E-state index contributed by atoms with van der Waals surface area (Å²) in [5.74, 6) is 0.193. The molecule has 0 aromatic heterocycles. The van der Waals surface area contributed by atoms with Gasteiger partial charge in [0.1, 0.15) is 0 Å². The average molecular weight is 380 g/mol. The number of nitrogens with zero attached hydrogens (tertiary/aromatic N) is 2. The first-order valence-corrected chi connectivity index (χ1v) is 11.0. The minimum Gasteiger partial charge on any atom is -0.368 e. The molecular formula is C19H29N3O3S. The Bertz CT molecular complexity index is 719. The van der Waals surface area contributed by atoms with E-state index in [2.05, 4.69) is 0 Å². The van der Waals surface area contributed by atoms with E-state index in [1.807, 2.05) is 17.0 Å². The number of nitrogens with two attached hydrogens (primary N) is 1. The van der Waals surface area contributed by atoms with Gasteiger partial charge in [0.05, 0.1) is 10.9 Å². The van der Waals surface area contributed by atoms with Gasteiger partial charge in [-0.05, 0) is 43.4 Å². The van der Waals surface area contributed by atoms with Crippen molar-refractivity contribution in [3.05, 3.63) is 29.8 Å². The van der Waals surface area contributed by atoms with Gasteiger partial charge in [-0.15, -0.1) is 0 Å². The second kappa shape index (κ2) is 8.06. The molecule has 3 rings (SSSR count). The van der Waals surface area contributed by atoms with E-state index < -0.39 is 10.0 Å². The molecule has 1 aliphatic heterocycles. The standard InChI is InChI=1S/C19H29N3O3S/c1-15(19(20)23)21-11-13-22(14-12-21)26(24,25)18-9-7-17(8-10-18)16-5-3-2-4-6-16/h7-10,15-16H,2-6,11-14H2,1H3,(H2,20,23)/t15-/m0/s1. The number of benzene rings is 1. The molecule has 1 aromatic carbocycles. The summed E-state index contributed by atoms with van der Waals surface area (Å²) in [5.41, 5.74) is 6.59. The molecule has 2 aliphatic rings. The average Bonchev–Trinajstić information content (AvgIpc) is 2.68. The lowest BCUT2D eigenvalue weighted by molar-refractivity contribution is -0.123. The number of piperazine rings is 1. The molecule has 7 heteroatoms. The Hall–Kier alpha value is -1.44. The number of rotatable bonds is 5. The lowest BCUT2D eigenvalue weighted by atomic mass is 9.84. The quantitative estimate of drug-likeness (QED) is 0.847. The van der Waals surface area contributed by atoms with Gasteiger partial charge in [0, 0.05) is 26.2 Å². The molecule has 0 unspecified atom stereocenters. The molecule has 26 heavy (non-hydrogen) atoms. The van der Waals surface area contributed by atoms with Crippen molar-refractivity contribution >= 4 is 15.9 Å². The molecule has 1 heterocycles. The van der Waals surface area contributed by atoms with Crippen LogP contribution in [0.25, 0.3) is 0 Å². The fraction of sp³-hybridized carbons (Fsp3) is 0.632. The van der Waals surface area contributed by atoms with E-state index in [9.17, 15) is 13.2 Å². The fourth-order valence-electron chi connectivity index (χ4n) is 4.01. The van der Waals surface area contributed by atoms with Gasteiger partial charge in [-0.3, -0.25) is 9.69 Å². The predicted octanol–water partition coefficient (Wildman–Crippen LogP) is 1.91. The van der Waals surface area contributed by atoms with Crippen LogP contribution in [0.1, 0.15) is 50.5 Å². The summed E-state index contributed by atoms with van der Waals surface area (Å²) in [6, 6.07) is 7.09. The molecule has 1 aliphatic carbocycles. The van der Waals surface area contributed by atoms with Crippen LogP contribution in [-0.2, 0) is 14.8 Å². The van der Waals surface area contributed by atoms with Crippen LogP contribution in [0.3, 0.4) is 0 Å². The molecule has 0 spiro atoms. The highest BCUT2D eigenvalue weighted by molar-refractivity contribution is 7.89. The molecule has 1 saturated carbocycles. The van der Waals surface area contributed by atoms with Crippen molar-refractivity contribution in [3.8, 4) is 0 Å². The summed E-state index contributed by atoms with van der Waals surface area (Å²) >= 11 is 0. The SMILES string of the molecule is C[C@@H](C(N)=O)N1CCN(S(=O)(=O)c2ccc(C3CCCCC3)cc2)CC1.